The van der Waals surface area contributed by atoms with E-state index in [0.717, 1.165) is 0 Å². The van der Waals surface area contributed by atoms with Crippen molar-refractivity contribution in [2.24, 2.45) is 5.92 Å². The fourth-order valence-corrected chi connectivity index (χ4v) is 3.76. The predicted molar refractivity (Wildman–Crippen MR) is 91.8 cm³/mol. The van der Waals surface area contributed by atoms with E-state index < -0.39 is 34.4 Å². The lowest BCUT2D eigenvalue weighted by molar-refractivity contribution is -0.156. The van der Waals surface area contributed by atoms with Crippen LogP contribution in [-0.2, 0) is 24.3 Å². The molecule has 0 atom stereocenters. The molecule has 0 aromatic carbocycles. The molecule has 10 heteroatoms. The van der Waals surface area contributed by atoms with Crippen molar-refractivity contribution in [1.82, 2.24) is 9.21 Å². The quantitative estimate of drug-likeness (QED) is 0.520. The van der Waals surface area contributed by atoms with Gasteiger partial charge in [-0.25, -0.2) is 12.7 Å². The summed E-state index contributed by atoms with van der Waals surface area (Å²) < 4.78 is 30.1. The van der Waals surface area contributed by atoms with Gasteiger partial charge < -0.3 is 9.64 Å². The molecular weight excluding hydrogens is 360 g/mol. The largest absolute Gasteiger partial charge is 0.455 e. The number of nitriles is 2. The van der Waals surface area contributed by atoms with Crippen LogP contribution in [0.3, 0.4) is 0 Å². The van der Waals surface area contributed by atoms with Gasteiger partial charge in [0.25, 0.3) is 5.91 Å². The molecule has 1 fully saturated rings. The Hall–Kier alpha value is -2.17. The van der Waals surface area contributed by atoms with E-state index in [4.69, 9.17) is 15.3 Å². The molecular formula is C16H24N4O5S. The van der Waals surface area contributed by atoms with Gasteiger partial charge in [-0.05, 0) is 19.8 Å². The Morgan fingerprint density at radius 2 is 1.69 bits per heavy atom. The van der Waals surface area contributed by atoms with E-state index in [-0.39, 0.29) is 44.8 Å². The monoisotopic (exact) mass is 384 g/mol. The number of carbonyl (C=O) groups is 2. The van der Waals surface area contributed by atoms with Crippen molar-refractivity contribution in [3.63, 3.8) is 0 Å². The van der Waals surface area contributed by atoms with Gasteiger partial charge in [0.15, 0.2) is 6.61 Å². The van der Waals surface area contributed by atoms with Crippen molar-refractivity contribution >= 4 is 21.9 Å². The smallest absolute Gasteiger partial charge is 0.309 e. The third-order valence-electron chi connectivity index (χ3n) is 4.22. The van der Waals surface area contributed by atoms with Crippen LogP contribution in [0.5, 0.6) is 0 Å². The average molecular weight is 384 g/mol. The van der Waals surface area contributed by atoms with Crippen molar-refractivity contribution in [2.75, 3.05) is 38.5 Å². The maximum atomic E-state index is 12.1. The summed E-state index contributed by atoms with van der Waals surface area (Å²) in [6.07, 6.45) is 0.989. The molecule has 26 heavy (non-hydrogen) atoms. The first-order chi connectivity index (χ1) is 12.4. The Morgan fingerprint density at radius 1 is 1.15 bits per heavy atom. The Kier molecular flexibility index (Phi) is 9.03. The van der Waals surface area contributed by atoms with Crippen LogP contribution in [0.4, 0.5) is 0 Å². The molecule has 0 bridgehead atoms. The number of piperidine rings is 1. The Labute approximate surface area is 154 Å². The first-order valence-electron chi connectivity index (χ1n) is 8.51. The number of amides is 1. The Morgan fingerprint density at radius 3 is 2.15 bits per heavy atom. The van der Waals surface area contributed by atoms with Crippen molar-refractivity contribution in [3.05, 3.63) is 0 Å². The average Bonchev–Trinajstić information content (AvgIpc) is 2.66. The maximum absolute atomic E-state index is 12.1. The Bertz CT molecular complexity index is 654. The minimum Gasteiger partial charge on any atom is -0.455 e. The van der Waals surface area contributed by atoms with Crippen molar-refractivity contribution in [1.29, 1.82) is 10.5 Å². The van der Waals surface area contributed by atoms with Gasteiger partial charge in [0.1, 0.15) is 0 Å². The number of esters is 1. The fourth-order valence-electron chi connectivity index (χ4n) is 2.63. The number of rotatable bonds is 9. The molecule has 0 N–H and O–H groups in total. The zero-order valence-corrected chi connectivity index (χ0v) is 15.7. The molecule has 0 radical (unpaired) electrons. The van der Waals surface area contributed by atoms with Crippen LogP contribution in [0.2, 0.25) is 0 Å². The summed E-state index contributed by atoms with van der Waals surface area (Å²) in [5.41, 5.74) is 0. The first-order valence-corrected chi connectivity index (χ1v) is 10.1. The molecule has 0 saturated carbocycles. The van der Waals surface area contributed by atoms with Gasteiger partial charge >= 0.3 is 5.97 Å². The molecule has 0 aliphatic carbocycles. The normalized spacial score (nSPS) is 15.7. The second-order valence-electron chi connectivity index (χ2n) is 5.88. The third-order valence-corrected chi connectivity index (χ3v) is 6.10. The summed E-state index contributed by atoms with van der Waals surface area (Å²) in [7, 11) is -3.26. The Balaban J connectivity index is 2.47. The van der Waals surface area contributed by atoms with E-state index in [0.29, 0.717) is 12.8 Å². The summed E-state index contributed by atoms with van der Waals surface area (Å²) >= 11 is 0. The van der Waals surface area contributed by atoms with E-state index in [1.165, 1.54) is 9.21 Å². The second kappa shape index (κ2) is 10.7. The summed E-state index contributed by atoms with van der Waals surface area (Å²) in [6.45, 7) is 2.03. The van der Waals surface area contributed by atoms with Gasteiger partial charge in [0, 0.05) is 26.2 Å². The number of nitrogens with zero attached hydrogens (tertiary/aromatic N) is 4. The maximum Gasteiger partial charge on any atom is 0.309 e. The van der Waals surface area contributed by atoms with E-state index in [1.807, 2.05) is 12.1 Å². The fraction of sp³-hybridized carbons (Fsp3) is 0.750. The highest BCUT2D eigenvalue weighted by atomic mass is 32.2. The minimum atomic E-state index is -3.26. The zero-order chi connectivity index (χ0) is 19.6. The van der Waals surface area contributed by atoms with Crippen LogP contribution < -0.4 is 0 Å². The number of sulfonamides is 1. The number of ether oxygens (including phenoxy) is 1. The summed E-state index contributed by atoms with van der Waals surface area (Å²) in [4.78, 5) is 25.5. The van der Waals surface area contributed by atoms with Crippen molar-refractivity contribution < 1.29 is 22.7 Å². The lowest BCUT2D eigenvalue weighted by Gasteiger charge is -2.29. The first kappa shape index (κ1) is 21.9. The molecule has 1 amide bonds. The lowest BCUT2D eigenvalue weighted by atomic mass is 9.98. The van der Waals surface area contributed by atoms with E-state index in [2.05, 4.69) is 0 Å². The molecule has 0 spiro atoms. The van der Waals surface area contributed by atoms with E-state index in [9.17, 15) is 18.0 Å². The molecule has 0 aromatic rings. The lowest BCUT2D eigenvalue weighted by Crippen LogP contribution is -2.42. The number of hydrogen-bond donors (Lipinski definition) is 0. The molecule has 1 rings (SSSR count). The highest BCUT2D eigenvalue weighted by Gasteiger charge is 2.31. The van der Waals surface area contributed by atoms with Crippen molar-refractivity contribution in [2.45, 2.75) is 32.6 Å². The SMILES string of the molecule is CCS(=O)(=O)N1CCC(C(=O)OCC(=O)N(CCC#N)CCC#N)CC1. The van der Waals surface area contributed by atoms with Gasteiger partial charge in [0.05, 0.1) is 36.7 Å². The highest BCUT2D eigenvalue weighted by Crippen LogP contribution is 2.21. The topological polar surface area (TPSA) is 132 Å². The van der Waals surface area contributed by atoms with Crippen LogP contribution >= 0.6 is 0 Å². The predicted octanol–water partition coefficient (Wildman–Crippen LogP) is 0.247. The van der Waals surface area contributed by atoms with Crippen LogP contribution in [0.1, 0.15) is 32.6 Å². The molecule has 9 nitrogen and oxygen atoms in total. The van der Waals surface area contributed by atoms with Crippen LogP contribution in [0.25, 0.3) is 0 Å². The molecule has 0 aromatic heterocycles. The standard InChI is InChI=1S/C16H24N4O5S/c1-2-26(23,24)20-11-5-14(6-12-20)16(22)25-13-15(21)19(9-3-7-17)10-4-8-18/h14H,2-6,9-13H2,1H3. The van der Waals surface area contributed by atoms with Gasteiger partial charge in [-0.3, -0.25) is 9.59 Å². The van der Waals surface area contributed by atoms with Crippen LogP contribution in [0.15, 0.2) is 0 Å². The van der Waals surface area contributed by atoms with Gasteiger partial charge in [-0.15, -0.1) is 0 Å². The molecule has 1 aliphatic rings. The second-order valence-corrected chi connectivity index (χ2v) is 8.14. The zero-order valence-electron chi connectivity index (χ0n) is 14.9. The number of hydrogen-bond acceptors (Lipinski definition) is 7. The van der Waals surface area contributed by atoms with Gasteiger partial charge in [0.2, 0.25) is 10.0 Å². The molecule has 1 aliphatic heterocycles. The van der Waals surface area contributed by atoms with Gasteiger partial charge in [-0.1, -0.05) is 0 Å². The molecule has 1 saturated heterocycles. The highest BCUT2D eigenvalue weighted by molar-refractivity contribution is 7.89. The van der Waals surface area contributed by atoms with Crippen LogP contribution in [-0.4, -0.2) is 68.0 Å². The van der Waals surface area contributed by atoms with E-state index >= 15 is 0 Å². The molecule has 144 valence electrons. The molecule has 0 unspecified atom stereocenters. The summed E-state index contributed by atoms with van der Waals surface area (Å²) in [5.74, 6) is -1.38. The minimum absolute atomic E-state index is 0.0256. The molecule has 1 heterocycles. The third kappa shape index (κ3) is 6.62. The van der Waals surface area contributed by atoms with E-state index in [1.54, 1.807) is 6.92 Å². The van der Waals surface area contributed by atoms with Crippen molar-refractivity contribution in [3.8, 4) is 12.1 Å². The van der Waals surface area contributed by atoms with Gasteiger partial charge in [-0.2, -0.15) is 10.5 Å². The van der Waals surface area contributed by atoms with Crippen LogP contribution in [0, 0.1) is 28.6 Å². The number of carbonyl (C=O) groups excluding carboxylic acids is 2. The summed E-state index contributed by atoms with van der Waals surface area (Å²) in [5, 5.41) is 17.2. The summed E-state index contributed by atoms with van der Waals surface area (Å²) in [6, 6.07) is 3.86.